The minimum atomic E-state index is 0.151. The zero-order valence-corrected chi connectivity index (χ0v) is 12.7. The van der Waals surface area contributed by atoms with Gasteiger partial charge in [-0.2, -0.15) is 0 Å². The van der Waals surface area contributed by atoms with Crippen molar-refractivity contribution in [2.75, 3.05) is 6.54 Å². The van der Waals surface area contributed by atoms with Crippen molar-refractivity contribution in [1.82, 2.24) is 4.90 Å². The number of carbonyl (C=O) groups excluding carboxylic acids is 1. The van der Waals surface area contributed by atoms with E-state index in [0.717, 1.165) is 24.9 Å². The second-order valence-electron chi connectivity index (χ2n) is 5.93. The van der Waals surface area contributed by atoms with Gasteiger partial charge in [-0.05, 0) is 44.4 Å². The minimum absolute atomic E-state index is 0.151. The average Bonchev–Trinajstić information content (AvgIpc) is 2.97. The Bertz CT molecular complexity index is 628. The summed E-state index contributed by atoms with van der Waals surface area (Å²) in [4.78, 5) is 14.8. The van der Waals surface area contributed by atoms with Crippen molar-refractivity contribution in [3.05, 3.63) is 70.8 Å². The lowest BCUT2D eigenvalue weighted by Crippen LogP contribution is -2.30. The quantitative estimate of drug-likeness (QED) is 0.803. The number of benzene rings is 2. The third kappa shape index (κ3) is 2.85. The maximum atomic E-state index is 12.7. The number of hydrogen-bond donors (Lipinski definition) is 0. The Morgan fingerprint density at radius 1 is 0.952 bits per heavy atom. The zero-order valence-electron chi connectivity index (χ0n) is 12.7. The highest BCUT2D eigenvalue weighted by Gasteiger charge is 2.30. The molecule has 3 rings (SSSR count). The first kappa shape index (κ1) is 13.9. The van der Waals surface area contributed by atoms with Crippen LogP contribution in [-0.2, 0) is 0 Å². The fourth-order valence-electron chi connectivity index (χ4n) is 3.01. The fraction of sp³-hybridized carbons (Fsp3) is 0.316. The predicted molar refractivity (Wildman–Crippen MR) is 85.4 cm³/mol. The van der Waals surface area contributed by atoms with E-state index < -0.39 is 0 Å². The van der Waals surface area contributed by atoms with Crippen LogP contribution in [0.2, 0.25) is 0 Å². The van der Waals surface area contributed by atoms with E-state index in [1.54, 1.807) is 0 Å². The molecule has 1 heterocycles. The largest absolute Gasteiger partial charge is 0.332 e. The molecule has 0 bridgehead atoms. The van der Waals surface area contributed by atoms with Gasteiger partial charge in [0.25, 0.3) is 5.91 Å². The number of carbonyl (C=O) groups is 1. The second kappa shape index (κ2) is 5.72. The summed E-state index contributed by atoms with van der Waals surface area (Å²) in [6, 6.07) is 16.7. The topological polar surface area (TPSA) is 20.3 Å². The lowest BCUT2D eigenvalue weighted by atomic mass is 10.0. The maximum Gasteiger partial charge on any atom is 0.254 e. The van der Waals surface area contributed by atoms with Crippen molar-refractivity contribution in [2.45, 2.75) is 32.7 Å². The number of likely N-dealkylation sites (tertiary alicyclic amines) is 1. The molecule has 0 aliphatic carbocycles. The number of hydrogen-bond acceptors (Lipinski definition) is 1. The lowest BCUT2D eigenvalue weighted by Gasteiger charge is -2.25. The van der Waals surface area contributed by atoms with Crippen LogP contribution >= 0.6 is 0 Å². The predicted octanol–water partition coefficient (Wildman–Crippen LogP) is 4.28. The third-order valence-electron chi connectivity index (χ3n) is 4.27. The number of aryl methyl sites for hydroxylation is 2. The summed E-state index contributed by atoms with van der Waals surface area (Å²) < 4.78 is 0. The molecular formula is C19H21NO. The van der Waals surface area contributed by atoms with E-state index in [9.17, 15) is 4.79 Å². The summed E-state index contributed by atoms with van der Waals surface area (Å²) in [6.07, 6.45) is 2.14. The first-order chi connectivity index (χ1) is 10.1. The summed E-state index contributed by atoms with van der Waals surface area (Å²) in [5.74, 6) is 0.151. The van der Waals surface area contributed by atoms with Crippen LogP contribution in [0.4, 0.5) is 0 Å². The van der Waals surface area contributed by atoms with Crippen LogP contribution in [0.25, 0.3) is 0 Å². The van der Waals surface area contributed by atoms with Crippen molar-refractivity contribution in [3.63, 3.8) is 0 Å². The highest BCUT2D eigenvalue weighted by molar-refractivity contribution is 5.94. The zero-order chi connectivity index (χ0) is 14.8. The molecule has 1 fully saturated rings. The Labute approximate surface area is 126 Å². The van der Waals surface area contributed by atoms with Crippen molar-refractivity contribution < 1.29 is 4.79 Å². The van der Waals surface area contributed by atoms with Gasteiger partial charge in [0.1, 0.15) is 0 Å². The van der Waals surface area contributed by atoms with Gasteiger partial charge >= 0.3 is 0 Å². The minimum Gasteiger partial charge on any atom is -0.332 e. The van der Waals surface area contributed by atoms with Gasteiger partial charge in [0.05, 0.1) is 6.04 Å². The fourth-order valence-corrected chi connectivity index (χ4v) is 3.01. The van der Waals surface area contributed by atoms with Crippen molar-refractivity contribution in [2.24, 2.45) is 0 Å². The molecule has 2 aromatic rings. The van der Waals surface area contributed by atoms with Crippen molar-refractivity contribution in [1.29, 1.82) is 0 Å². The molecule has 2 heteroatoms. The van der Waals surface area contributed by atoms with Crippen LogP contribution in [0.5, 0.6) is 0 Å². The van der Waals surface area contributed by atoms with Gasteiger partial charge in [-0.1, -0.05) is 47.5 Å². The molecule has 1 unspecified atom stereocenters. The van der Waals surface area contributed by atoms with Crippen LogP contribution in [0, 0.1) is 13.8 Å². The van der Waals surface area contributed by atoms with E-state index in [4.69, 9.17) is 0 Å². The molecule has 0 N–H and O–H groups in total. The van der Waals surface area contributed by atoms with Gasteiger partial charge < -0.3 is 4.90 Å². The summed E-state index contributed by atoms with van der Waals surface area (Å²) in [5.41, 5.74) is 4.48. The van der Waals surface area contributed by atoms with Gasteiger partial charge in [-0.3, -0.25) is 4.79 Å². The molecule has 2 aromatic carbocycles. The maximum absolute atomic E-state index is 12.7. The van der Waals surface area contributed by atoms with Gasteiger partial charge in [0.15, 0.2) is 0 Å². The summed E-state index contributed by atoms with van der Waals surface area (Å²) >= 11 is 0. The summed E-state index contributed by atoms with van der Waals surface area (Å²) in [7, 11) is 0. The molecule has 0 spiro atoms. The molecule has 1 aliphatic heterocycles. The molecule has 0 radical (unpaired) electrons. The van der Waals surface area contributed by atoms with Crippen LogP contribution in [0.3, 0.4) is 0 Å². The highest BCUT2D eigenvalue weighted by Crippen LogP contribution is 2.33. The van der Waals surface area contributed by atoms with Crippen LogP contribution in [0.15, 0.2) is 48.5 Å². The van der Waals surface area contributed by atoms with Gasteiger partial charge in [-0.15, -0.1) is 0 Å². The molecule has 1 saturated heterocycles. The normalized spacial score (nSPS) is 18.0. The molecule has 1 atom stereocenters. The van der Waals surface area contributed by atoms with E-state index in [-0.39, 0.29) is 11.9 Å². The molecule has 0 saturated carbocycles. The first-order valence-corrected chi connectivity index (χ1v) is 7.59. The van der Waals surface area contributed by atoms with Crippen LogP contribution in [-0.4, -0.2) is 17.4 Å². The SMILES string of the molecule is Cc1ccc(C(=O)N2CCCC2c2ccc(C)cc2)cc1. The van der Waals surface area contributed by atoms with E-state index in [1.807, 2.05) is 36.1 Å². The Balaban J connectivity index is 1.85. The van der Waals surface area contributed by atoms with Crippen molar-refractivity contribution >= 4 is 5.91 Å². The Kier molecular flexibility index (Phi) is 3.78. The first-order valence-electron chi connectivity index (χ1n) is 7.59. The van der Waals surface area contributed by atoms with E-state index in [1.165, 1.54) is 16.7 Å². The standard InChI is InChI=1S/C19H21NO/c1-14-5-9-16(10-6-14)18-4-3-13-20(18)19(21)17-11-7-15(2)8-12-17/h5-12,18H,3-4,13H2,1-2H3. The van der Waals surface area contributed by atoms with Gasteiger partial charge in [0, 0.05) is 12.1 Å². The molecule has 21 heavy (non-hydrogen) atoms. The average molecular weight is 279 g/mol. The summed E-state index contributed by atoms with van der Waals surface area (Å²) in [5, 5.41) is 0. The Morgan fingerprint density at radius 3 is 2.14 bits per heavy atom. The van der Waals surface area contributed by atoms with Crippen LogP contribution < -0.4 is 0 Å². The second-order valence-corrected chi connectivity index (χ2v) is 5.93. The molecule has 108 valence electrons. The van der Waals surface area contributed by atoms with Gasteiger partial charge in [0.2, 0.25) is 0 Å². The smallest absolute Gasteiger partial charge is 0.254 e. The highest BCUT2D eigenvalue weighted by atomic mass is 16.2. The van der Waals surface area contributed by atoms with Gasteiger partial charge in [-0.25, -0.2) is 0 Å². The summed E-state index contributed by atoms with van der Waals surface area (Å²) in [6.45, 7) is 4.98. The Hall–Kier alpha value is -2.09. The number of nitrogens with zero attached hydrogens (tertiary/aromatic N) is 1. The molecule has 2 nitrogen and oxygen atoms in total. The Morgan fingerprint density at radius 2 is 1.52 bits per heavy atom. The molecular weight excluding hydrogens is 258 g/mol. The number of rotatable bonds is 2. The van der Waals surface area contributed by atoms with E-state index in [0.29, 0.717) is 0 Å². The lowest BCUT2D eigenvalue weighted by molar-refractivity contribution is 0.0735. The van der Waals surface area contributed by atoms with Crippen molar-refractivity contribution in [3.8, 4) is 0 Å². The monoisotopic (exact) mass is 279 g/mol. The number of amides is 1. The molecule has 1 aliphatic rings. The molecule has 1 amide bonds. The van der Waals surface area contributed by atoms with Crippen LogP contribution in [0.1, 0.15) is 45.9 Å². The van der Waals surface area contributed by atoms with E-state index >= 15 is 0 Å². The third-order valence-corrected chi connectivity index (χ3v) is 4.27. The molecule has 0 aromatic heterocycles. The van der Waals surface area contributed by atoms with E-state index in [2.05, 4.69) is 31.2 Å².